The van der Waals surface area contributed by atoms with Gasteiger partial charge in [0.1, 0.15) is 17.2 Å². The molecule has 0 fully saturated rings. The lowest BCUT2D eigenvalue weighted by Gasteiger charge is -2.25. The summed E-state index contributed by atoms with van der Waals surface area (Å²) in [5.74, 6) is -0.245. The van der Waals surface area contributed by atoms with Gasteiger partial charge in [-0.2, -0.15) is 0 Å². The van der Waals surface area contributed by atoms with Gasteiger partial charge in [0, 0.05) is 11.6 Å². The molecule has 8 heteroatoms. The number of benzene rings is 3. The van der Waals surface area contributed by atoms with Gasteiger partial charge in [0.05, 0.1) is 12.8 Å². The van der Waals surface area contributed by atoms with Crippen LogP contribution in [0.25, 0.3) is 0 Å². The number of hydrogen-bond acceptors (Lipinski definition) is 4. The number of aryl methyl sites for hydroxylation is 2. The van der Waals surface area contributed by atoms with E-state index in [4.69, 9.17) is 16.3 Å². The Balaban J connectivity index is 1.94. The minimum Gasteiger partial charge on any atom is -0.495 e. The number of anilines is 1. The van der Waals surface area contributed by atoms with E-state index in [2.05, 4.69) is 5.32 Å². The fourth-order valence-corrected chi connectivity index (χ4v) is 5.02. The first-order valence-corrected chi connectivity index (χ1v) is 11.8. The molecule has 1 amide bonds. The van der Waals surface area contributed by atoms with E-state index in [9.17, 15) is 13.2 Å². The first-order chi connectivity index (χ1) is 15.2. The molecular weight excluding hydrogens is 448 g/mol. The third-order valence-electron chi connectivity index (χ3n) is 4.93. The zero-order chi connectivity index (χ0) is 23.3. The Bertz CT molecular complexity index is 1210. The molecule has 0 heterocycles. The van der Waals surface area contributed by atoms with Crippen LogP contribution in [-0.2, 0) is 21.4 Å². The number of amides is 1. The highest BCUT2D eigenvalue weighted by Gasteiger charge is 2.30. The van der Waals surface area contributed by atoms with E-state index in [0.29, 0.717) is 10.7 Å². The average Bonchev–Trinajstić information content (AvgIpc) is 2.77. The van der Waals surface area contributed by atoms with E-state index in [1.807, 2.05) is 13.0 Å². The number of methoxy groups -OCH3 is 1. The standard InChI is InChI=1S/C24H25ClN2O4S/c1-17-8-11-20(12-9-17)27(16-24(28)26-15-19-6-4-5-7-21(19)25)32(29,30)23-14-18(2)10-13-22(23)31-3/h4-14H,15-16H2,1-3H3,(H,26,28). The number of carbonyl (C=O) groups is 1. The van der Waals surface area contributed by atoms with Crippen LogP contribution < -0.4 is 14.4 Å². The van der Waals surface area contributed by atoms with Crippen molar-refractivity contribution in [2.24, 2.45) is 0 Å². The topological polar surface area (TPSA) is 75.7 Å². The van der Waals surface area contributed by atoms with Gasteiger partial charge in [-0.05, 0) is 55.3 Å². The molecule has 0 bridgehead atoms. The van der Waals surface area contributed by atoms with Crippen molar-refractivity contribution in [3.05, 3.63) is 88.4 Å². The second-order valence-corrected chi connectivity index (χ2v) is 9.61. The van der Waals surface area contributed by atoms with Crippen molar-refractivity contribution in [2.75, 3.05) is 18.0 Å². The summed E-state index contributed by atoms with van der Waals surface area (Å²) < 4.78 is 33.7. The maximum absolute atomic E-state index is 13.7. The first-order valence-electron chi connectivity index (χ1n) is 9.96. The monoisotopic (exact) mass is 472 g/mol. The van der Waals surface area contributed by atoms with Crippen LogP contribution >= 0.6 is 11.6 Å². The minimum atomic E-state index is -4.10. The molecule has 0 spiro atoms. The van der Waals surface area contributed by atoms with Gasteiger partial charge in [-0.15, -0.1) is 0 Å². The number of halogens is 1. The molecule has 32 heavy (non-hydrogen) atoms. The molecule has 0 saturated carbocycles. The van der Waals surface area contributed by atoms with Crippen LogP contribution in [0.4, 0.5) is 5.69 Å². The highest BCUT2D eigenvalue weighted by molar-refractivity contribution is 7.93. The van der Waals surface area contributed by atoms with Crippen molar-refractivity contribution in [1.82, 2.24) is 5.32 Å². The Morgan fingerprint density at radius 2 is 1.66 bits per heavy atom. The Hall–Kier alpha value is -3.03. The first kappa shape index (κ1) is 23.6. The number of nitrogens with zero attached hydrogens (tertiary/aromatic N) is 1. The van der Waals surface area contributed by atoms with Crippen molar-refractivity contribution < 1.29 is 17.9 Å². The van der Waals surface area contributed by atoms with Crippen LogP contribution in [0, 0.1) is 13.8 Å². The van der Waals surface area contributed by atoms with E-state index in [-0.39, 0.29) is 17.2 Å². The van der Waals surface area contributed by atoms with Gasteiger partial charge in [-0.25, -0.2) is 8.42 Å². The summed E-state index contributed by atoms with van der Waals surface area (Å²) in [6.45, 7) is 3.49. The molecule has 0 unspecified atom stereocenters. The van der Waals surface area contributed by atoms with Crippen molar-refractivity contribution in [3.63, 3.8) is 0 Å². The molecule has 1 N–H and O–H groups in total. The summed E-state index contributed by atoms with van der Waals surface area (Å²) in [4.78, 5) is 12.8. The van der Waals surface area contributed by atoms with Gasteiger partial charge in [0.2, 0.25) is 5.91 Å². The van der Waals surface area contributed by atoms with Gasteiger partial charge in [-0.1, -0.05) is 53.6 Å². The third kappa shape index (κ3) is 5.41. The fourth-order valence-electron chi connectivity index (χ4n) is 3.15. The molecule has 0 saturated heterocycles. The molecular formula is C24H25ClN2O4S. The van der Waals surface area contributed by atoms with Crippen molar-refractivity contribution in [3.8, 4) is 5.75 Å². The highest BCUT2D eigenvalue weighted by Crippen LogP contribution is 2.31. The maximum atomic E-state index is 13.7. The summed E-state index contributed by atoms with van der Waals surface area (Å²) in [6.07, 6.45) is 0. The van der Waals surface area contributed by atoms with E-state index < -0.39 is 22.5 Å². The smallest absolute Gasteiger partial charge is 0.268 e. The number of sulfonamides is 1. The molecule has 6 nitrogen and oxygen atoms in total. The van der Waals surface area contributed by atoms with Gasteiger partial charge in [-0.3, -0.25) is 9.10 Å². The number of hydrogen-bond donors (Lipinski definition) is 1. The molecule has 0 radical (unpaired) electrons. The lowest BCUT2D eigenvalue weighted by atomic mass is 10.2. The van der Waals surface area contributed by atoms with Crippen LogP contribution in [0.3, 0.4) is 0 Å². The average molecular weight is 473 g/mol. The summed E-state index contributed by atoms with van der Waals surface area (Å²) >= 11 is 6.15. The molecule has 0 atom stereocenters. The Labute approximate surface area is 193 Å². The highest BCUT2D eigenvalue weighted by atomic mass is 35.5. The largest absolute Gasteiger partial charge is 0.495 e. The van der Waals surface area contributed by atoms with Gasteiger partial charge >= 0.3 is 0 Å². The van der Waals surface area contributed by atoms with E-state index >= 15 is 0 Å². The molecule has 3 rings (SSSR count). The molecule has 168 valence electrons. The Kier molecular flexibility index (Phi) is 7.43. The molecule has 3 aromatic carbocycles. The van der Waals surface area contributed by atoms with Crippen LogP contribution in [0.1, 0.15) is 16.7 Å². The summed E-state index contributed by atoms with van der Waals surface area (Å²) in [5, 5.41) is 3.28. The molecule has 0 aliphatic carbocycles. The van der Waals surface area contributed by atoms with Crippen LogP contribution in [-0.4, -0.2) is 28.0 Å². The van der Waals surface area contributed by atoms with E-state index in [0.717, 1.165) is 21.0 Å². The van der Waals surface area contributed by atoms with Crippen molar-refractivity contribution in [1.29, 1.82) is 0 Å². The Morgan fingerprint density at radius 1 is 1.00 bits per heavy atom. The summed E-state index contributed by atoms with van der Waals surface area (Å²) in [5.41, 5.74) is 2.86. The van der Waals surface area contributed by atoms with Gasteiger partial charge in [0.15, 0.2) is 0 Å². The quantitative estimate of drug-likeness (QED) is 0.524. The second kappa shape index (κ2) is 10.1. The summed E-state index contributed by atoms with van der Waals surface area (Å²) in [6, 6.07) is 19.0. The molecule has 0 aliphatic heterocycles. The minimum absolute atomic E-state index is 0.000483. The number of rotatable bonds is 8. The van der Waals surface area contributed by atoms with Crippen LogP contribution in [0.15, 0.2) is 71.6 Å². The second-order valence-electron chi connectivity index (χ2n) is 7.37. The van der Waals surface area contributed by atoms with Crippen LogP contribution in [0.2, 0.25) is 5.02 Å². The van der Waals surface area contributed by atoms with Crippen LogP contribution in [0.5, 0.6) is 5.75 Å². The molecule has 0 aliphatic rings. The number of nitrogens with one attached hydrogen (secondary N) is 1. The third-order valence-corrected chi connectivity index (χ3v) is 7.09. The fraction of sp³-hybridized carbons (Fsp3) is 0.208. The number of carbonyl (C=O) groups excluding carboxylic acids is 1. The number of ether oxygens (including phenoxy) is 1. The van der Waals surface area contributed by atoms with Gasteiger partial charge in [0.25, 0.3) is 10.0 Å². The lowest BCUT2D eigenvalue weighted by Crippen LogP contribution is -2.40. The summed E-state index contributed by atoms with van der Waals surface area (Å²) in [7, 11) is -2.68. The van der Waals surface area contributed by atoms with E-state index in [1.54, 1.807) is 61.5 Å². The van der Waals surface area contributed by atoms with E-state index in [1.165, 1.54) is 13.2 Å². The lowest BCUT2D eigenvalue weighted by molar-refractivity contribution is -0.119. The van der Waals surface area contributed by atoms with Crippen molar-refractivity contribution in [2.45, 2.75) is 25.3 Å². The maximum Gasteiger partial charge on any atom is 0.268 e. The normalized spacial score (nSPS) is 11.1. The zero-order valence-corrected chi connectivity index (χ0v) is 19.7. The zero-order valence-electron chi connectivity index (χ0n) is 18.1. The predicted octanol–water partition coefficient (Wildman–Crippen LogP) is 4.48. The van der Waals surface area contributed by atoms with Gasteiger partial charge < -0.3 is 10.1 Å². The Morgan fingerprint density at radius 3 is 2.31 bits per heavy atom. The molecule has 0 aromatic heterocycles. The van der Waals surface area contributed by atoms with Crippen molar-refractivity contribution >= 4 is 33.2 Å². The molecule has 3 aromatic rings. The SMILES string of the molecule is COc1ccc(C)cc1S(=O)(=O)N(CC(=O)NCc1ccccc1Cl)c1ccc(C)cc1. The predicted molar refractivity (Wildman–Crippen MR) is 127 cm³/mol.